The molecule has 2 heterocycles. The summed E-state index contributed by atoms with van der Waals surface area (Å²) < 4.78 is 26.6. The van der Waals surface area contributed by atoms with Gasteiger partial charge in [0.25, 0.3) is 0 Å². The molecule has 6 heteroatoms. The second-order valence-electron chi connectivity index (χ2n) is 4.85. The molecule has 0 amide bonds. The van der Waals surface area contributed by atoms with Crippen LogP contribution in [0.15, 0.2) is 18.5 Å². The molecular weight excluding hydrogens is 250 g/mol. The summed E-state index contributed by atoms with van der Waals surface area (Å²) >= 11 is 0. The highest BCUT2D eigenvalue weighted by atomic mass is 32.2. The number of aryl methyl sites for hydroxylation is 1. The average molecular weight is 269 g/mol. The normalized spacial score (nSPS) is 20.6. The number of nitrogens with one attached hydrogen (secondary N) is 2. The van der Waals surface area contributed by atoms with Crippen molar-refractivity contribution in [2.24, 2.45) is 5.92 Å². The summed E-state index contributed by atoms with van der Waals surface area (Å²) in [5.41, 5.74) is 1.48. The van der Waals surface area contributed by atoms with E-state index in [4.69, 9.17) is 0 Å². The molecule has 1 aliphatic rings. The molecule has 0 saturated carbocycles. The number of pyridine rings is 1. The van der Waals surface area contributed by atoms with Gasteiger partial charge in [0.2, 0.25) is 10.0 Å². The second-order valence-corrected chi connectivity index (χ2v) is 6.61. The Morgan fingerprint density at radius 1 is 1.50 bits per heavy atom. The lowest BCUT2D eigenvalue weighted by Gasteiger charge is -2.22. The van der Waals surface area contributed by atoms with Gasteiger partial charge in [0.15, 0.2) is 0 Å². The van der Waals surface area contributed by atoms with E-state index in [1.165, 1.54) is 6.20 Å². The summed E-state index contributed by atoms with van der Waals surface area (Å²) in [6.07, 6.45) is 5.25. The van der Waals surface area contributed by atoms with Crippen LogP contribution in [0.2, 0.25) is 0 Å². The van der Waals surface area contributed by atoms with E-state index in [0.717, 1.165) is 31.5 Å². The molecule has 2 rings (SSSR count). The topological polar surface area (TPSA) is 71.1 Å². The molecule has 0 radical (unpaired) electrons. The third kappa shape index (κ3) is 3.96. The summed E-state index contributed by atoms with van der Waals surface area (Å²) in [6, 6.07) is 1.78. The minimum Gasteiger partial charge on any atom is -0.316 e. The molecule has 1 aromatic rings. The van der Waals surface area contributed by atoms with Crippen molar-refractivity contribution in [1.82, 2.24) is 10.3 Å². The van der Waals surface area contributed by atoms with Gasteiger partial charge in [-0.1, -0.05) is 0 Å². The van der Waals surface area contributed by atoms with Crippen molar-refractivity contribution >= 4 is 15.7 Å². The number of piperidine rings is 1. The highest BCUT2D eigenvalue weighted by Gasteiger charge is 2.21. The van der Waals surface area contributed by atoms with E-state index in [0.29, 0.717) is 5.69 Å². The lowest BCUT2D eigenvalue weighted by atomic mass is 10.0. The van der Waals surface area contributed by atoms with E-state index in [1.54, 1.807) is 12.3 Å². The molecule has 2 N–H and O–H groups in total. The van der Waals surface area contributed by atoms with Gasteiger partial charge < -0.3 is 5.32 Å². The van der Waals surface area contributed by atoms with Crippen LogP contribution in [0.25, 0.3) is 0 Å². The van der Waals surface area contributed by atoms with E-state index >= 15 is 0 Å². The van der Waals surface area contributed by atoms with E-state index in [-0.39, 0.29) is 11.7 Å². The minimum atomic E-state index is -3.28. The summed E-state index contributed by atoms with van der Waals surface area (Å²) in [7, 11) is -3.28. The van der Waals surface area contributed by atoms with Crippen LogP contribution >= 0.6 is 0 Å². The van der Waals surface area contributed by atoms with Gasteiger partial charge in [0.1, 0.15) is 0 Å². The fraction of sp³-hybridized carbons (Fsp3) is 0.583. The summed E-state index contributed by atoms with van der Waals surface area (Å²) in [4.78, 5) is 3.98. The van der Waals surface area contributed by atoms with Crippen LogP contribution in [0.4, 0.5) is 5.69 Å². The first-order chi connectivity index (χ1) is 8.55. The Balaban J connectivity index is 1.98. The zero-order valence-electron chi connectivity index (χ0n) is 10.5. The van der Waals surface area contributed by atoms with Crippen molar-refractivity contribution in [1.29, 1.82) is 0 Å². The van der Waals surface area contributed by atoms with E-state index in [1.807, 2.05) is 6.92 Å². The third-order valence-corrected chi connectivity index (χ3v) is 4.46. The monoisotopic (exact) mass is 269 g/mol. The van der Waals surface area contributed by atoms with Gasteiger partial charge in [-0.25, -0.2) is 8.42 Å². The van der Waals surface area contributed by atoms with Gasteiger partial charge in [0, 0.05) is 6.20 Å². The fourth-order valence-corrected chi connectivity index (χ4v) is 3.67. The Bertz CT molecular complexity index is 496. The number of nitrogens with zero attached hydrogens (tertiary/aromatic N) is 1. The third-order valence-electron chi connectivity index (χ3n) is 3.00. The molecule has 1 aliphatic heterocycles. The SMILES string of the molecule is Cc1cncc(NS(=O)(=O)CC2CCCNC2)c1. The zero-order chi connectivity index (χ0) is 13.0. The van der Waals surface area contributed by atoms with Crippen LogP contribution in [-0.2, 0) is 10.0 Å². The van der Waals surface area contributed by atoms with Crippen molar-refractivity contribution in [2.75, 3.05) is 23.6 Å². The smallest absolute Gasteiger partial charge is 0.233 e. The number of rotatable bonds is 4. The van der Waals surface area contributed by atoms with Crippen molar-refractivity contribution in [3.05, 3.63) is 24.0 Å². The van der Waals surface area contributed by atoms with Crippen LogP contribution in [0.5, 0.6) is 0 Å². The largest absolute Gasteiger partial charge is 0.316 e. The maximum atomic E-state index is 12.0. The van der Waals surface area contributed by atoms with Crippen molar-refractivity contribution < 1.29 is 8.42 Å². The van der Waals surface area contributed by atoms with Crippen LogP contribution < -0.4 is 10.0 Å². The van der Waals surface area contributed by atoms with E-state index < -0.39 is 10.0 Å². The second kappa shape index (κ2) is 5.67. The molecule has 0 aromatic carbocycles. The highest BCUT2D eigenvalue weighted by Crippen LogP contribution is 2.15. The molecule has 1 unspecified atom stereocenters. The Kier molecular flexibility index (Phi) is 4.19. The summed E-state index contributed by atoms with van der Waals surface area (Å²) in [5, 5.41) is 3.23. The molecule has 18 heavy (non-hydrogen) atoms. The quantitative estimate of drug-likeness (QED) is 0.859. The number of sulfonamides is 1. The van der Waals surface area contributed by atoms with Crippen molar-refractivity contribution in [3.8, 4) is 0 Å². The van der Waals surface area contributed by atoms with Crippen molar-refractivity contribution in [2.45, 2.75) is 19.8 Å². The molecule has 1 saturated heterocycles. The molecular formula is C12H19N3O2S. The Morgan fingerprint density at radius 2 is 2.33 bits per heavy atom. The average Bonchev–Trinajstić information content (AvgIpc) is 2.28. The zero-order valence-corrected chi connectivity index (χ0v) is 11.3. The molecule has 100 valence electrons. The summed E-state index contributed by atoms with van der Waals surface area (Å²) in [6.45, 7) is 3.66. The lowest BCUT2D eigenvalue weighted by molar-refractivity contribution is 0.404. The van der Waals surface area contributed by atoms with Gasteiger partial charge in [-0.2, -0.15) is 0 Å². The van der Waals surface area contributed by atoms with Crippen LogP contribution in [0, 0.1) is 12.8 Å². The Labute approximate surface area is 108 Å². The van der Waals surface area contributed by atoms with Crippen LogP contribution in [-0.4, -0.2) is 32.2 Å². The molecule has 0 aliphatic carbocycles. The maximum Gasteiger partial charge on any atom is 0.233 e. The molecule has 1 fully saturated rings. The van der Waals surface area contributed by atoms with Crippen LogP contribution in [0.1, 0.15) is 18.4 Å². The minimum absolute atomic E-state index is 0.175. The Morgan fingerprint density at radius 3 is 3.00 bits per heavy atom. The predicted octanol–water partition coefficient (Wildman–Crippen LogP) is 1.13. The van der Waals surface area contributed by atoms with Crippen molar-refractivity contribution in [3.63, 3.8) is 0 Å². The molecule has 0 bridgehead atoms. The van der Waals surface area contributed by atoms with Gasteiger partial charge in [-0.3, -0.25) is 9.71 Å². The van der Waals surface area contributed by atoms with E-state index in [9.17, 15) is 8.42 Å². The van der Waals surface area contributed by atoms with Gasteiger partial charge >= 0.3 is 0 Å². The number of hydrogen-bond donors (Lipinski definition) is 2. The highest BCUT2D eigenvalue weighted by molar-refractivity contribution is 7.92. The molecule has 5 nitrogen and oxygen atoms in total. The summed E-state index contributed by atoms with van der Waals surface area (Å²) in [5.74, 6) is 0.377. The molecule has 0 spiro atoms. The maximum absolute atomic E-state index is 12.0. The first kappa shape index (κ1) is 13.3. The number of anilines is 1. The molecule has 1 atom stereocenters. The predicted molar refractivity (Wildman–Crippen MR) is 72.0 cm³/mol. The van der Waals surface area contributed by atoms with Crippen LogP contribution in [0.3, 0.4) is 0 Å². The van der Waals surface area contributed by atoms with Gasteiger partial charge in [-0.15, -0.1) is 0 Å². The first-order valence-corrected chi connectivity index (χ1v) is 7.83. The first-order valence-electron chi connectivity index (χ1n) is 6.18. The fourth-order valence-electron chi connectivity index (χ4n) is 2.21. The lowest BCUT2D eigenvalue weighted by Crippen LogP contribution is -2.35. The van der Waals surface area contributed by atoms with E-state index in [2.05, 4.69) is 15.0 Å². The van der Waals surface area contributed by atoms with Gasteiger partial charge in [-0.05, 0) is 50.4 Å². The molecule has 1 aromatic heterocycles. The standard InChI is InChI=1S/C12H19N3O2S/c1-10-5-12(8-14-6-10)15-18(16,17)9-11-3-2-4-13-7-11/h5-6,8,11,13,15H,2-4,7,9H2,1H3. The number of hydrogen-bond acceptors (Lipinski definition) is 4. The van der Waals surface area contributed by atoms with Gasteiger partial charge in [0.05, 0.1) is 17.6 Å². The number of aromatic nitrogens is 1. The Hall–Kier alpha value is -1.14.